The summed E-state index contributed by atoms with van der Waals surface area (Å²) in [5, 5.41) is 7.91. The summed E-state index contributed by atoms with van der Waals surface area (Å²) in [5.41, 5.74) is 0. The summed E-state index contributed by atoms with van der Waals surface area (Å²) in [6, 6.07) is 0.415. The van der Waals surface area contributed by atoms with Crippen LogP contribution in [0.4, 0.5) is 0 Å². The van der Waals surface area contributed by atoms with Gasteiger partial charge in [0.25, 0.3) is 0 Å². The molecule has 3 rings (SSSR count). The fraction of sp³-hybridized carbons (Fsp3) is 0.786. The van der Waals surface area contributed by atoms with Crippen molar-refractivity contribution in [2.24, 2.45) is 5.92 Å². The molecule has 2 heterocycles. The van der Waals surface area contributed by atoms with E-state index >= 15 is 0 Å². The van der Waals surface area contributed by atoms with Crippen LogP contribution in [0.25, 0.3) is 0 Å². The fourth-order valence-electron chi connectivity index (χ4n) is 3.38. The summed E-state index contributed by atoms with van der Waals surface area (Å²) in [4.78, 5) is 14.3. The van der Waals surface area contributed by atoms with E-state index in [0.717, 1.165) is 32.4 Å². The van der Waals surface area contributed by atoms with Gasteiger partial charge in [-0.05, 0) is 31.6 Å². The van der Waals surface area contributed by atoms with Crippen molar-refractivity contribution in [3.05, 3.63) is 12.4 Å². The van der Waals surface area contributed by atoms with Crippen LogP contribution < -0.4 is 0 Å². The Morgan fingerprint density at radius 2 is 1.89 bits per heavy atom. The van der Waals surface area contributed by atoms with Gasteiger partial charge in [-0.3, -0.25) is 4.79 Å². The van der Waals surface area contributed by atoms with Gasteiger partial charge in [0.05, 0.1) is 12.2 Å². The molecule has 0 bridgehead atoms. The maximum absolute atomic E-state index is 12.2. The molecule has 0 unspecified atom stereocenters. The lowest BCUT2D eigenvalue weighted by molar-refractivity contribution is -0.133. The third-order valence-electron chi connectivity index (χ3n) is 4.57. The van der Waals surface area contributed by atoms with Gasteiger partial charge in [0, 0.05) is 25.7 Å². The molecule has 1 saturated heterocycles. The average Bonchev–Trinajstić information content (AvgIpc) is 3.12. The number of amides is 1. The van der Waals surface area contributed by atoms with Gasteiger partial charge in [-0.1, -0.05) is 18.1 Å². The molecule has 1 aliphatic heterocycles. The number of likely N-dealkylation sites (tertiary alicyclic amines) is 1. The van der Waals surface area contributed by atoms with E-state index in [-0.39, 0.29) is 0 Å². The van der Waals surface area contributed by atoms with E-state index < -0.39 is 0 Å². The van der Waals surface area contributed by atoms with Crippen molar-refractivity contribution in [3.63, 3.8) is 0 Å². The summed E-state index contributed by atoms with van der Waals surface area (Å²) < 4.78 is 1.93. The Morgan fingerprint density at radius 1 is 1.16 bits per heavy atom. The van der Waals surface area contributed by atoms with Gasteiger partial charge < -0.3 is 4.90 Å². The van der Waals surface area contributed by atoms with Crippen LogP contribution in [0.15, 0.2) is 12.4 Å². The van der Waals surface area contributed by atoms with E-state index in [1.807, 2.05) is 15.8 Å². The second-order valence-electron chi connectivity index (χ2n) is 5.85. The highest BCUT2D eigenvalue weighted by Gasteiger charge is 2.26. The molecule has 0 N–H and O–H groups in total. The Morgan fingerprint density at radius 3 is 2.53 bits per heavy atom. The summed E-state index contributed by atoms with van der Waals surface area (Å²) >= 11 is 0. The highest BCUT2D eigenvalue weighted by Crippen LogP contribution is 2.29. The average molecular weight is 262 g/mol. The molecule has 0 aromatic carbocycles. The first-order valence-corrected chi connectivity index (χ1v) is 7.46. The van der Waals surface area contributed by atoms with E-state index in [0.29, 0.717) is 17.9 Å². The summed E-state index contributed by atoms with van der Waals surface area (Å²) in [7, 11) is 0. The monoisotopic (exact) mass is 262 g/mol. The molecule has 2 aliphatic rings. The summed E-state index contributed by atoms with van der Waals surface area (Å²) in [6.45, 7) is 1.74. The zero-order chi connectivity index (χ0) is 13.1. The molecule has 1 aliphatic carbocycles. The lowest BCUT2D eigenvalue weighted by Crippen LogP contribution is -2.39. The van der Waals surface area contributed by atoms with Crippen LogP contribution in [0.5, 0.6) is 0 Å². The van der Waals surface area contributed by atoms with Crippen molar-refractivity contribution in [1.29, 1.82) is 0 Å². The molecule has 5 heteroatoms. The number of carbonyl (C=O) groups is 1. The van der Waals surface area contributed by atoms with Gasteiger partial charge in [-0.2, -0.15) is 0 Å². The molecule has 1 saturated carbocycles. The van der Waals surface area contributed by atoms with Gasteiger partial charge in [-0.25, -0.2) is 4.68 Å². The molecule has 0 radical (unpaired) electrons. The Kier molecular flexibility index (Phi) is 3.80. The Labute approximate surface area is 114 Å². The molecule has 2 fully saturated rings. The van der Waals surface area contributed by atoms with Gasteiger partial charge >= 0.3 is 0 Å². The number of piperidine rings is 1. The molecule has 0 spiro atoms. The number of carbonyl (C=O) groups excluding carboxylic acids is 1. The van der Waals surface area contributed by atoms with Crippen LogP contribution in [0.3, 0.4) is 0 Å². The molecular formula is C14H22N4O. The maximum Gasteiger partial charge on any atom is 0.222 e. The normalized spacial score (nSPS) is 22.0. The van der Waals surface area contributed by atoms with Gasteiger partial charge in [0.2, 0.25) is 5.91 Å². The maximum atomic E-state index is 12.2. The smallest absolute Gasteiger partial charge is 0.222 e. The number of hydrogen-bond donors (Lipinski definition) is 0. The van der Waals surface area contributed by atoms with Crippen LogP contribution in [0.1, 0.15) is 51.0 Å². The number of aromatic nitrogens is 3. The second kappa shape index (κ2) is 5.72. The number of hydrogen-bond acceptors (Lipinski definition) is 3. The Bertz CT molecular complexity index is 403. The minimum atomic E-state index is 0.365. The van der Waals surface area contributed by atoms with Crippen LogP contribution in [0.2, 0.25) is 0 Å². The van der Waals surface area contributed by atoms with Gasteiger partial charge in [0.15, 0.2) is 0 Å². The van der Waals surface area contributed by atoms with E-state index in [2.05, 4.69) is 10.3 Å². The highest BCUT2D eigenvalue weighted by molar-refractivity contribution is 5.76. The van der Waals surface area contributed by atoms with Crippen LogP contribution in [-0.2, 0) is 4.79 Å². The molecule has 1 aromatic heterocycles. The first-order valence-electron chi connectivity index (χ1n) is 7.46. The molecule has 1 aromatic rings. The largest absolute Gasteiger partial charge is 0.343 e. The van der Waals surface area contributed by atoms with E-state index in [4.69, 9.17) is 0 Å². The summed E-state index contributed by atoms with van der Waals surface area (Å²) in [6.07, 6.45) is 11.5. The van der Waals surface area contributed by atoms with Crippen molar-refractivity contribution in [3.8, 4) is 0 Å². The molecule has 0 atom stereocenters. The second-order valence-corrected chi connectivity index (χ2v) is 5.85. The number of rotatable bonds is 3. The van der Waals surface area contributed by atoms with E-state index in [1.54, 1.807) is 6.20 Å². The minimum absolute atomic E-state index is 0.365. The van der Waals surface area contributed by atoms with Crippen LogP contribution in [0, 0.1) is 5.92 Å². The fourth-order valence-corrected chi connectivity index (χ4v) is 3.38. The summed E-state index contributed by atoms with van der Waals surface area (Å²) in [5.74, 6) is 1.02. The molecular weight excluding hydrogens is 240 g/mol. The molecule has 19 heavy (non-hydrogen) atoms. The highest BCUT2D eigenvalue weighted by atomic mass is 16.2. The van der Waals surface area contributed by atoms with Gasteiger partial charge in [0.1, 0.15) is 0 Å². The first kappa shape index (κ1) is 12.6. The standard InChI is InChI=1S/C14H22N4O/c19-14(11-12-3-1-2-4-12)17-8-5-13(6-9-17)18-10-7-15-16-18/h7,10,12-13H,1-6,8-9,11H2. The molecule has 5 nitrogen and oxygen atoms in total. The lowest BCUT2D eigenvalue weighted by atomic mass is 10.0. The van der Waals surface area contributed by atoms with Crippen LogP contribution >= 0.6 is 0 Å². The third kappa shape index (κ3) is 2.96. The lowest BCUT2D eigenvalue weighted by Gasteiger charge is -2.32. The van der Waals surface area contributed by atoms with Crippen molar-refractivity contribution in [2.45, 2.75) is 51.0 Å². The molecule has 1 amide bonds. The van der Waals surface area contributed by atoms with E-state index in [9.17, 15) is 4.79 Å². The number of nitrogens with zero attached hydrogens (tertiary/aromatic N) is 4. The Hall–Kier alpha value is -1.39. The van der Waals surface area contributed by atoms with Crippen LogP contribution in [-0.4, -0.2) is 38.9 Å². The van der Waals surface area contributed by atoms with Gasteiger partial charge in [-0.15, -0.1) is 5.10 Å². The third-order valence-corrected chi connectivity index (χ3v) is 4.57. The predicted molar refractivity (Wildman–Crippen MR) is 71.4 cm³/mol. The minimum Gasteiger partial charge on any atom is -0.343 e. The Balaban J connectivity index is 1.48. The zero-order valence-electron chi connectivity index (χ0n) is 11.4. The SMILES string of the molecule is O=C(CC1CCCC1)N1CCC(n2ccnn2)CC1. The molecule has 104 valence electrons. The quantitative estimate of drug-likeness (QED) is 0.837. The topological polar surface area (TPSA) is 51.0 Å². The van der Waals surface area contributed by atoms with Crippen molar-refractivity contribution in [1.82, 2.24) is 19.9 Å². The zero-order valence-corrected chi connectivity index (χ0v) is 11.4. The van der Waals surface area contributed by atoms with Crippen molar-refractivity contribution < 1.29 is 4.79 Å². The first-order chi connectivity index (χ1) is 9.33. The van der Waals surface area contributed by atoms with Crippen molar-refractivity contribution >= 4 is 5.91 Å². The van der Waals surface area contributed by atoms with E-state index in [1.165, 1.54) is 25.7 Å². The van der Waals surface area contributed by atoms with Crippen molar-refractivity contribution in [2.75, 3.05) is 13.1 Å². The predicted octanol–water partition coefficient (Wildman–Crippen LogP) is 2.02.